The zero-order valence-electron chi connectivity index (χ0n) is 19.8. The standard InChI is InChI=1S/C28H32N2O3S/c1-4-7-8-23-19-25(27(33-16-6-3)20-26(23)32-15-5-2)28(34)29-24-11-9-22(10-12-24)21-30-13-17-31-18-14-30/h5-6,9-12,19-20H,2-3,8,13-18,21H2,1H3,(H,29,34). The Kier molecular flexibility index (Phi) is 10.2. The van der Waals surface area contributed by atoms with Gasteiger partial charge in [0.2, 0.25) is 0 Å². The van der Waals surface area contributed by atoms with Crippen molar-refractivity contribution in [2.45, 2.75) is 19.9 Å². The first-order valence-corrected chi connectivity index (χ1v) is 11.8. The first-order valence-electron chi connectivity index (χ1n) is 11.4. The number of nitrogens with one attached hydrogen (secondary N) is 1. The summed E-state index contributed by atoms with van der Waals surface area (Å²) in [6.07, 6.45) is 3.97. The molecule has 2 aromatic rings. The number of ether oxygens (including phenoxy) is 3. The Balaban J connectivity index is 1.79. The van der Waals surface area contributed by atoms with Crippen LogP contribution in [0.1, 0.15) is 23.6 Å². The molecule has 3 rings (SSSR count). The molecule has 0 bridgehead atoms. The highest BCUT2D eigenvalue weighted by Gasteiger charge is 2.16. The molecular weight excluding hydrogens is 444 g/mol. The Bertz CT molecular complexity index is 1050. The summed E-state index contributed by atoms with van der Waals surface area (Å²) in [5, 5.41) is 3.35. The van der Waals surface area contributed by atoms with Crippen LogP contribution in [-0.4, -0.2) is 49.4 Å². The van der Waals surface area contributed by atoms with Gasteiger partial charge in [-0.05, 0) is 30.7 Å². The summed E-state index contributed by atoms with van der Waals surface area (Å²) in [6, 6.07) is 12.2. The van der Waals surface area contributed by atoms with Gasteiger partial charge in [-0.15, -0.1) is 5.92 Å². The lowest BCUT2D eigenvalue weighted by atomic mass is 10.0. The van der Waals surface area contributed by atoms with Gasteiger partial charge >= 0.3 is 0 Å². The minimum atomic E-state index is 0.362. The van der Waals surface area contributed by atoms with Crippen LogP contribution in [0.4, 0.5) is 5.69 Å². The van der Waals surface area contributed by atoms with Crippen LogP contribution in [0.3, 0.4) is 0 Å². The lowest BCUT2D eigenvalue weighted by Gasteiger charge is -2.26. The van der Waals surface area contributed by atoms with Gasteiger partial charge < -0.3 is 19.5 Å². The van der Waals surface area contributed by atoms with E-state index >= 15 is 0 Å². The second-order valence-corrected chi connectivity index (χ2v) is 8.21. The molecule has 2 aromatic carbocycles. The van der Waals surface area contributed by atoms with E-state index in [0.29, 0.717) is 36.1 Å². The van der Waals surface area contributed by atoms with E-state index in [9.17, 15) is 0 Å². The van der Waals surface area contributed by atoms with Crippen LogP contribution < -0.4 is 14.8 Å². The van der Waals surface area contributed by atoms with E-state index in [1.165, 1.54) is 5.56 Å². The van der Waals surface area contributed by atoms with Crippen LogP contribution in [0, 0.1) is 11.8 Å². The molecule has 1 fully saturated rings. The van der Waals surface area contributed by atoms with Gasteiger partial charge in [-0.2, -0.15) is 0 Å². The predicted molar refractivity (Wildman–Crippen MR) is 143 cm³/mol. The molecule has 1 N–H and O–H groups in total. The lowest BCUT2D eigenvalue weighted by Crippen LogP contribution is -2.35. The number of rotatable bonds is 11. The van der Waals surface area contributed by atoms with Crippen molar-refractivity contribution in [2.24, 2.45) is 0 Å². The molecule has 0 aromatic heterocycles. The van der Waals surface area contributed by atoms with Crippen molar-refractivity contribution in [2.75, 3.05) is 44.8 Å². The van der Waals surface area contributed by atoms with Crippen LogP contribution in [-0.2, 0) is 17.7 Å². The molecule has 0 radical (unpaired) electrons. The molecule has 1 aliphatic rings. The monoisotopic (exact) mass is 476 g/mol. The third-order valence-corrected chi connectivity index (χ3v) is 5.62. The predicted octanol–water partition coefficient (Wildman–Crippen LogP) is 5.00. The molecule has 0 unspecified atom stereocenters. The summed E-state index contributed by atoms with van der Waals surface area (Å²) in [4.78, 5) is 2.97. The molecule has 0 aliphatic carbocycles. The molecule has 0 amide bonds. The van der Waals surface area contributed by atoms with Crippen molar-refractivity contribution in [3.05, 3.63) is 78.4 Å². The number of morpholine rings is 1. The summed E-state index contributed by atoms with van der Waals surface area (Å²) >= 11 is 5.77. The molecule has 178 valence electrons. The number of benzene rings is 2. The zero-order valence-corrected chi connectivity index (χ0v) is 20.6. The number of anilines is 1. The van der Waals surface area contributed by atoms with E-state index in [2.05, 4.69) is 59.5 Å². The molecular formula is C28H32N2O3S. The number of hydrogen-bond donors (Lipinski definition) is 1. The largest absolute Gasteiger partial charge is 0.489 e. The van der Waals surface area contributed by atoms with Gasteiger partial charge in [-0.3, -0.25) is 4.90 Å². The molecule has 0 atom stereocenters. The molecule has 0 saturated carbocycles. The highest BCUT2D eigenvalue weighted by molar-refractivity contribution is 7.81. The van der Waals surface area contributed by atoms with Crippen molar-refractivity contribution >= 4 is 22.9 Å². The van der Waals surface area contributed by atoms with E-state index in [-0.39, 0.29) is 0 Å². The van der Waals surface area contributed by atoms with Gasteiger partial charge in [0, 0.05) is 43.4 Å². The Morgan fingerprint density at radius 1 is 1.09 bits per heavy atom. The first-order chi connectivity index (χ1) is 16.6. The molecule has 1 saturated heterocycles. The number of nitrogens with zero attached hydrogens (tertiary/aromatic N) is 1. The summed E-state index contributed by atoms with van der Waals surface area (Å²) in [5.41, 5.74) is 3.92. The van der Waals surface area contributed by atoms with Crippen LogP contribution in [0.5, 0.6) is 11.5 Å². The topological polar surface area (TPSA) is 43.0 Å². The average molecular weight is 477 g/mol. The highest BCUT2D eigenvalue weighted by atomic mass is 32.1. The smallest absolute Gasteiger partial charge is 0.133 e. The fraction of sp³-hybridized carbons (Fsp3) is 0.321. The maximum absolute atomic E-state index is 5.93. The third kappa shape index (κ3) is 7.46. The van der Waals surface area contributed by atoms with E-state index in [4.69, 9.17) is 26.4 Å². The van der Waals surface area contributed by atoms with E-state index < -0.39 is 0 Å². The van der Waals surface area contributed by atoms with Crippen LogP contribution in [0.25, 0.3) is 0 Å². The molecule has 6 heteroatoms. The van der Waals surface area contributed by atoms with Crippen LogP contribution in [0.15, 0.2) is 61.7 Å². The van der Waals surface area contributed by atoms with E-state index in [1.807, 2.05) is 19.1 Å². The number of hydrogen-bond acceptors (Lipinski definition) is 5. The Labute approximate surface area is 208 Å². The van der Waals surface area contributed by atoms with Crippen LogP contribution >= 0.6 is 12.2 Å². The van der Waals surface area contributed by atoms with E-state index in [1.54, 1.807) is 12.2 Å². The van der Waals surface area contributed by atoms with Gasteiger partial charge in [0.1, 0.15) is 29.7 Å². The van der Waals surface area contributed by atoms with Crippen molar-refractivity contribution in [3.63, 3.8) is 0 Å². The van der Waals surface area contributed by atoms with Gasteiger partial charge in [0.05, 0.1) is 18.8 Å². The van der Waals surface area contributed by atoms with Gasteiger partial charge in [0.25, 0.3) is 0 Å². The molecule has 34 heavy (non-hydrogen) atoms. The summed E-state index contributed by atoms with van der Waals surface area (Å²) in [7, 11) is 0. The fourth-order valence-corrected chi connectivity index (χ4v) is 3.84. The van der Waals surface area contributed by atoms with Gasteiger partial charge in [-0.1, -0.05) is 55.6 Å². The first kappa shape index (κ1) is 25.5. The second-order valence-electron chi connectivity index (χ2n) is 7.80. The molecule has 1 heterocycles. The fourth-order valence-electron chi connectivity index (χ4n) is 3.57. The molecule has 1 aliphatic heterocycles. The highest BCUT2D eigenvalue weighted by Crippen LogP contribution is 2.31. The van der Waals surface area contributed by atoms with Crippen molar-refractivity contribution in [1.82, 2.24) is 4.90 Å². The van der Waals surface area contributed by atoms with Gasteiger partial charge in [0.15, 0.2) is 0 Å². The lowest BCUT2D eigenvalue weighted by molar-refractivity contribution is 0.0342. The minimum absolute atomic E-state index is 0.362. The minimum Gasteiger partial charge on any atom is -0.489 e. The summed E-state index contributed by atoms with van der Waals surface area (Å²) in [5.74, 6) is 7.40. The van der Waals surface area contributed by atoms with Crippen molar-refractivity contribution < 1.29 is 14.2 Å². The maximum Gasteiger partial charge on any atom is 0.133 e. The third-order valence-electron chi connectivity index (χ3n) is 5.30. The Hall–Kier alpha value is -3.11. The van der Waals surface area contributed by atoms with Crippen LogP contribution in [0.2, 0.25) is 0 Å². The quantitative estimate of drug-likeness (QED) is 0.280. The SMILES string of the molecule is C=CCOc1cc(OCC=C)c(C(=S)Nc2ccc(CN3CCOCC3)cc2)cc1CC#CC. The Morgan fingerprint density at radius 3 is 2.41 bits per heavy atom. The van der Waals surface area contributed by atoms with Gasteiger partial charge in [-0.25, -0.2) is 0 Å². The summed E-state index contributed by atoms with van der Waals surface area (Å²) < 4.78 is 17.2. The number of thiocarbonyl (C=S) groups is 1. The zero-order chi connectivity index (χ0) is 24.2. The maximum atomic E-state index is 5.93. The van der Waals surface area contributed by atoms with Crippen molar-refractivity contribution in [1.29, 1.82) is 0 Å². The average Bonchev–Trinajstić information content (AvgIpc) is 2.86. The van der Waals surface area contributed by atoms with E-state index in [0.717, 1.165) is 49.7 Å². The molecule has 5 nitrogen and oxygen atoms in total. The normalized spacial score (nSPS) is 13.3. The summed E-state index contributed by atoms with van der Waals surface area (Å²) in [6.45, 7) is 14.5. The van der Waals surface area contributed by atoms with Crippen molar-refractivity contribution in [3.8, 4) is 23.3 Å². The second kappa shape index (κ2) is 13.6. The Morgan fingerprint density at radius 2 is 1.76 bits per heavy atom. The molecule has 0 spiro atoms.